The lowest BCUT2D eigenvalue weighted by Crippen LogP contribution is -2.37. The van der Waals surface area contributed by atoms with Gasteiger partial charge in [0.1, 0.15) is 12.1 Å². The van der Waals surface area contributed by atoms with Crippen molar-refractivity contribution in [3.8, 4) is 0 Å². The summed E-state index contributed by atoms with van der Waals surface area (Å²) in [5, 5.41) is 7.89. The Morgan fingerprint density at radius 2 is 2.04 bits per heavy atom. The molecular formula is C15H16N4O4. The van der Waals surface area contributed by atoms with Gasteiger partial charge in [-0.05, 0) is 24.1 Å². The van der Waals surface area contributed by atoms with Crippen LogP contribution in [0, 0.1) is 0 Å². The van der Waals surface area contributed by atoms with Crippen molar-refractivity contribution in [1.29, 1.82) is 0 Å². The van der Waals surface area contributed by atoms with Gasteiger partial charge >= 0.3 is 6.03 Å². The second kappa shape index (κ2) is 5.71. The molecule has 2 aliphatic heterocycles. The zero-order valence-corrected chi connectivity index (χ0v) is 12.5. The molecular weight excluding hydrogens is 300 g/mol. The van der Waals surface area contributed by atoms with Crippen LogP contribution in [0.25, 0.3) is 0 Å². The number of benzene rings is 1. The molecule has 8 nitrogen and oxygen atoms in total. The van der Waals surface area contributed by atoms with Crippen LogP contribution in [0.15, 0.2) is 24.3 Å². The fraction of sp³-hybridized carbons (Fsp3) is 0.333. The number of likely N-dealkylation sites (N-methyl/N-ethyl adjacent to an activating group) is 1. The summed E-state index contributed by atoms with van der Waals surface area (Å²) in [4.78, 5) is 47.8. The minimum absolute atomic E-state index is 0.138. The van der Waals surface area contributed by atoms with E-state index < -0.39 is 18.1 Å². The summed E-state index contributed by atoms with van der Waals surface area (Å²) in [7, 11) is 1.41. The van der Waals surface area contributed by atoms with Crippen LogP contribution in [0.3, 0.4) is 0 Å². The molecule has 0 spiro atoms. The first kappa shape index (κ1) is 15.0. The average molecular weight is 316 g/mol. The fourth-order valence-electron chi connectivity index (χ4n) is 2.64. The third kappa shape index (κ3) is 2.87. The highest BCUT2D eigenvalue weighted by atomic mass is 16.2. The molecule has 3 N–H and O–H groups in total. The summed E-state index contributed by atoms with van der Waals surface area (Å²) in [6.07, 6.45) is 0.805. The normalized spacial score (nSPS) is 23.7. The minimum Gasteiger partial charge on any atom is -0.344 e. The van der Waals surface area contributed by atoms with Crippen LogP contribution in [0.5, 0.6) is 0 Å². The molecule has 2 saturated heterocycles. The van der Waals surface area contributed by atoms with E-state index >= 15 is 0 Å². The number of nitrogens with zero attached hydrogens (tertiary/aromatic N) is 1. The summed E-state index contributed by atoms with van der Waals surface area (Å²) >= 11 is 0. The van der Waals surface area contributed by atoms with E-state index in [4.69, 9.17) is 0 Å². The Kier molecular flexibility index (Phi) is 3.73. The van der Waals surface area contributed by atoms with Crippen LogP contribution in [-0.2, 0) is 14.4 Å². The Labute approximate surface area is 132 Å². The number of hydrogen-bond donors (Lipinski definition) is 3. The maximum Gasteiger partial charge on any atom is 0.324 e. The van der Waals surface area contributed by atoms with E-state index in [-0.39, 0.29) is 17.7 Å². The van der Waals surface area contributed by atoms with E-state index in [0.717, 1.165) is 4.90 Å². The number of amides is 5. The van der Waals surface area contributed by atoms with Crippen LogP contribution >= 0.6 is 0 Å². The molecule has 23 heavy (non-hydrogen) atoms. The first-order valence-electron chi connectivity index (χ1n) is 7.24. The van der Waals surface area contributed by atoms with Gasteiger partial charge in [-0.15, -0.1) is 0 Å². The van der Waals surface area contributed by atoms with Crippen LogP contribution in [0.1, 0.15) is 24.4 Å². The van der Waals surface area contributed by atoms with Gasteiger partial charge in [0.05, 0.1) is 0 Å². The van der Waals surface area contributed by atoms with Gasteiger partial charge in [0.2, 0.25) is 11.8 Å². The lowest BCUT2D eigenvalue weighted by molar-refractivity contribution is -0.126. The molecule has 0 bridgehead atoms. The third-order valence-electron chi connectivity index (χ3n) is 3.95. The zero-order valence-electron chi connectivity index (χ0n) is 12.5. The molecule has 0 radical (unpaired) electrons. The maximum atomic E-state index is 12.1. The Morgan fingerprint density at radius 3 is 2.65 bits per heavy atom. The number of urea groups is 1. The smallest absolute Gasteiger partial charge is 0.324 e. The van der Waals surface area contributed by atoms with Crippen molar-refractivity contribution < 1.29 is 19.2 Å². The second-order valence-corrected chi connectivity index (χ2v) is 5.55. The maximum absolute atomic E-state index is 12.1. The van der Waals surface area contributed by atoms with E-state index in [1.807, 2.05) is 0 Å². The van der Waals surface area contributed by atoms with Crippen LogP contribution in [0.4, 0.5) is 10.5 Å². The molecule has 0 saturated carbocycles. The minimum atomic E-state index is -0.754. The van der Waals surface area contributed by atoms with Gasteiger partial charge in [-0.2, -0.15) is 0 Å². The summed E-state index contributed by atoms with van der Waals surface area (Å²) in [5.41, 5.74) is 1.09. The molecule has 120 valence electrons. The molecule has 5 amide bonds. The molecule has 2 fully saturated rings. The number of hydrogen-bond acceptors (Lipinski definition) is 4. The van der Waals surface area contributed by atoms with E-state index in [9.17, 15) is 19.2 Å². The monoisotopic (exact) mass is 316 g/mol. The number of imide groups is 1. The van der Waals surface area contributed by atoms with Gasteiger partial charge in [-0.25, -0.2) is 4.79 Å². The van der Waals surface area contributed by atoms with Gasteiger partial charge in [0, 0.05) is 19.2 Å². The SMILES string of the molecule is CN1C(=O)NC(c2cccc(NC(=O)C3CCC(=O)N3)c2)C1=O. The van der Waals surface area contributed by atoms with Crippen molar-refractivity contribution in [3.05, 3.63) is 29.8 Å². The molecule has 2 aliphatic rings. The molecule has 2 atom stereocenters. The quantitative estimate of drug-likeness (QED) is 0.689. The lowest BCUT2D eigenvalue weighted by Gasteiger charge is -2.13. The van der Waals surface area contributed by atoms with Crippen molar-refractivity contribution in [2.45, 2.75) is 24.9 Å². The summed E-state index contributed by atoms with van der Waals surface area (Å²) in [6.45, 7) is 0. The number of anilines is 1. The Bertz CT molecular complexity index is 702. The molecule has 8 heteroatoms. The first-order valence-corrected chi connectivity index (χ1v) is 7.24. The summed E-state index contributed by atoms with van der Waals surface area (Å²) in [6, 6.07) is 4.97. The van der Waals surface area contributed by atoms with Crippen LogP contribution in [-0.4, -0.2) is 41.7 Å². The van der Waals surface area contributed by atoms with Crippen molar-refractivity contribution in [1.82, 2.24) is 15.5 Å². The van der Waals surface area contributed by atoms with Gasteiger partial charge < -0.3 is 16.0 Å². The predicted molar refractivity (Wildman–Crippen MR) is 80.3 cm³/mol. The van der Waals surface area contributed by atoms with Crippen molar-refractivity contribution in [3.63, 3.8) is 0 Å². The highest BCUT2D eigenvalue weighted by Gasteiger charge is 2.36. The van der Waals surface area contributed by atoms with Gasteiger partial charge in [-0.3, -0.25) is 19.3 Å². The van der Waals surface area contributed by atoms with Crippen LogP contribution in [0.2, 0.25) is 0 Å². The van der Waals surface area contributed by atoms with Gasteiger partial charge in [-0.1, -0.05) is 12.1 Å². The topological polar surface area (TPSA) is 108 Å². The Hall–Kier alpha value is -2.90. The molecule has 3 rings (SSSR count). The fourth-order valence-corrected chi connectivity index (χ4v) is 2.64. The number of rotatable bonds is 3. The van der Waals surface area contributed by atoms with E-state index in [0.29, 0.717) is 24.1 Å². The molecule has 0 aromatic heterocycles. The largest absolute Gasteiger partial charge is 0.344 e. The van der Waals surface area contributed by atoms with Crippen molar-refractivity contribution in [2.75, 3.05) is 12.4 Å². The third-order valence-corrected chi connectivity index (χ3v) is 3.95. The van der Waals surface area contributed by atoms with E-state index in [1.54, 1.807) is 24.3 Å². The average Bonchev–Trinajstić information content (AvgIpc) is 3.07. The standard InChI is InChI=1S/C15H16N4O4/c1-19-14(22)12(18-15(19)23)8-3-2-4-9(7-8)16-13(21)10-5-6-11(20)17-10/h2-4,7,10,12H,5-6H2,1H3,(H,16,21)(H,17,20)(H,18,23). The van der Waals surface area contributed by atoms with Gasteiger partial charge in [0.15, 0.2) is 0 Å². The number of carbonyl (C=O) groups is 4. The summed E-state index contributed by atoms with van der Waals surface area (Å²) in [5.74, 6) is -0.783. The molecule has 1 aromatic carbocycles. The molecule has 1 aromatic rings. The predicted octanol–water partition coefficient (Wildman–Crippen LogP) is 0.126. The number of nitrogens with one attached hydrogen (secondary N) is 3. The Morgan fingerprint density at radius 1 is 1.26 bits per heavy atom. The Balaban J connectivity index is 1.73. The zero-order chi connectivity index (χ0) is 16.6. The first-order chi connectivity index (χ1) is 11.0. The van der Waals surface area contributed by atoms with Crippen molar-refractivity contribution in [2.24, 2.45) is 0 Å². The van der Waals surface area contributed by atoms with E-state index in [2.05, 4.69) is 16.0 Å². The molecule has 2 unspecified atom stereocenters. The van der Waals surface area contributed by atoms with Crippen LogP contribution < -0.4 is 16.0 Å². The van der Waals surface area contributed by atoms with Crippen molar-refractivity contribution >= 4 is 29.4 Å². The highest BCUT2D eigenvalue weighted by Crippen LogP contribution is 2.23. The van der Waals surface area contributed by atoms with Gasteiger partial charge in [0.25, 0.3) is 5.91 Å². The number of carbonyl (C=O) groups excluding carboxylic acids is 4. The molecule has 2 heterocycles. The molecule has 0 aliphatic carbocycles. The highest BCUT2D eigenvalue weighted by molar-refractivity contribution is 6.04. The van der Waals surface area contributed by atoms with E-state index in [1.165, 1.54) is 7.05 Å². The summed E-state index contributed by atoms with van der Waals surface area (Å²) < 4.78 is 0. The lowest BCUT2D eigenvalue weighted by atomic mass is 10.1. The second-order valence-electron chi connectivity index (χ2n) is 5.55.